The topological polar surface area (TPSA) is 74.8 Å². The molecule has 1 unspecified atom stereocenters. The molecule has 2 amide bonds. The van der Waals surface area contributed by atoms with Gasteiger partial charge in [-0.2, -0.15) is 0 Å². The highest BCUT2D eigenvalue weighted by Gasteiger charge is 2.44. The minimum absolute atomic E-state index is 0.0173. The van der Waals surface area contributed by atoms with Crippen LogP contribution in [0, 0.1) is 5.92 Å². The Balaban J connectivity index is 1.26. The van der Waals surface area contributed by atoms with Gasteiger partial charge in [0, 0.05) is 36.7 Å². The summed E-state index contributed by atoms with van der Waals surface area (Å²) < 4.78 is 23.9. The number of likely N-dealkylation sites (tertiary alicyclic amines) is 1. The first-order valence-corrected chi connectivity index (χ1v) is 13.0. The summed E-state index contributed by atoms with van der Waals surface area (Å²) in [5, 5.41) is 2.00. The van der Waals surface area contributed by atoms with E-state index in [-0.39, 0.29) is 41.3 Å². The predicted molar refractivity (Wildman–Crippen MR) is 120 cm³/mol. The molecule has 0 bridgehead atoms. The zero-order chi connectivity index (χ0) is 21.6. The van der Waals surface area contributed by atoms with Crippen LogP contribution in [0.15, 0.2) is 42.5 Å². The molecule has 164 valence electrons. The van der Waals surface area contributed by atoms with Crippen molar-refractivity contribution in [2.45, 2.75) is 44.2 Å². The Morgan fingerprint density at radius 3 is 2.26 bits per heavy atom. The van der Waals surface area contributed by atoms with Crippen LogP contribution in [-0.2, 0) is 14.6 Å². The maximum Gasteiger partial charge on any atom is 0.254 e. The van der Waals surface area contributed by atoms with E-state index in [0.717, 1.165) is 23.6 Å². The van der Waals surface area contributed by atoms with Gasteiger partial charge in [-0.3, -0.25) is 9.59 Å². The van der Waals surface area contributed by atoms with Gasteiger partial charge in [-0.25, -0.2) is 8.42 Å². The fourth-order valence-electron chi connectivity index (χ4n) is 5.13. The Kier molecular flexibility index (Phi) is 5.24. The van der Waals surface area contributed by atoms with Gasteiger partial charge in [-0.15, -0.1) is 0 Å². The average Bonchev–Trinajstić information content (AvgIpc) is 3.55. The van der Waals surface area contributed by atoms with Gasteiger partial charge in [-0.05, 0) is 48.9 Å². The molecule has 31 heavy (non-hydrogen) atoms. The number of nitrogens with zero attached hydrogens (tertiary/aromatic N) is 2. The number of piperidine rings is 1. The standard InChI is InChI=1S/C24H28N2O4S/c27-23(26(19-8-9-19)20-12-15-31(29,30)16-20)18-10-13-25(14-11-18)24(28)22-7-3-5-17-4-1-2-6-21(17)22/h1-7,18-20H,8-16H2. The molecule has 0 radical (unpaired) electrons. The molecule has 3 fully saturated rings. The van der Waals surface area contributed by atoms with Crippen LogP contribution < -0.4 is 0 Å². The molecule has 6 nitrogen and oxygen atoms in total. The van der Waals surface area contributed by atoms with E-state index >= 15 is 0 Å². The van der Waals surface area contributed by atoms with E-state index in [1.165, 1.54) is 0 Å². The molecule has 2 saturated heterocycles. The summed E-state index contributed by atoms with van der Waals surface area (Å²) in [6.45, 7) is 1.11. The zero-order valence-electron chi connectivity index (χ0n) is 17.6. The van der Waals surface area contributed by atoms with Gasteiger partial charge in [0.2, 0.25) is 5.91 Å². The average molecular weight is 441 g/mol. The van der Waals surface area contributed by atoms with Crippen molar-refractivity contribution in [1.29, 1.82) is 0 Å². The monoisotopic (exact) mass is 440 g/mol. The maximum absolute atomic E-state index is 13.3. The largest absolute Gasteiger partial charge is 0.339 e. The molecule has 0 spiro atoms. The first-order chi connectivity index (χ1) is 14.9. The Labute approximate surface area is 183 Å². The van der Waals surface area contributed by atoms with Crippen molar-refractivity contribution < 1.29 is 18.0 Å². The quantitative estimate of drug-likeness (QED) is 0.733. The smallest absolute Gasteiger partial charge is 0.254 e. The minimum Gasteiger partial charge on any atom is -0.339 e. The summed E-state index contributed by atoms with van der Waals surface area (Å²) in [7, 11) is -3.03. The number of sulfone groups is 1. The second kappa shape index (κ2) is 7.93. The van der Waals surface area contributed by atoms with Crippen LogP contribution in [0.1, 0.15) is 42.5 Å². The lowest BCUT2D eigenvalue weighted by atomic mass is 9.93. The summed E-state index contributed by atoms with van der Waals surface area (Å²) in [5.41, 5.74) is 0.707. The van der Waals surface area contributed by atoms with Crippen LogP contribution in [0.4, 0.5) is 0 Å². The highest BCUT2D eigenvalue weighted by atomic mass is 32.2. The highest BCUT2D eigenvalue weighted by molar-refractivity contribution is 7.91. The number of rotatable bonds is 4. The van der Waals surface area contributed by atoms with Crippen molar-refractivity contribution >= 4 is 32.4 Å². The molecule has 1 saturated carbocycles. The van der Waals surface area contributed by atoms with Crippen molar-refractivity contribution in [2.75, 3.05) is 24.6 Å². The number of hydrogen-bond acceptors (Lipinski definition) is 4. The second-order valence-corrected chi connectivity index (χ2v) is 11.4. The minimum atomic E-state index is -3.03. The number of benzene rings is 2. The first kappa shape index (κ1) is 20.5. The van der Waals surface area contributed by atoms with Gasteiger partial charge in [0.05, 0.1) is 11.5 Å². The molecule has 0 N–H and O–H groups in total. The van der Waals surface area contributed by atoms with Crippen molar-refractivity contribution in [2.24, 2.45) is 5.92 Å². The van der Waals surface area contributed by atoms with Crippen molar-refractivity contribution in [3.63, 3.8) is 0 Å². The van der Waals surface area contributed by atoms with Gasteiger partial charge >= 0.3 is 0 Å². The van der Waals surface area contributed by atoms with Crippen LogP contribution in [-0.4, -0.2) is 66.7 Å². The number of hydrogen-bond donors (Lipinski definition) is 0. The van der Waals surface area contributed by atoms with Crippen LogP contribution in [0.25, 0.3) is 10.8 Å². The van der Waals surface area contributed by atoms with Crippen LogP contribution in [0.3, 0.4) is 0 Å². The molecule has 2 aromatic carbocycles. The number of carbonyl (C=O) groups is 2. The SMILES string of the molecule is O=C(c1cccc2ccccc12)N1CCC(C(=O)N(C2CC2)C2CCS(=O)(=O)C2)CC1. The third kappa shape index (κ3) is 4.07. The van der Waals surface area contributed by atoms with Crippen molar-refractivity contribution in [3.8, 4) is 0 Å². The molecule has 2 aliphatic heterocycles. The number of fused-ring (bicyclic) bond motifs is 1. The lowest BCUT2D eigenvalue weighted by Gasteiger charge is -2.36. The fraction of sp³-hybridized carbons (Fsp3) is 0.500. The molecule has 3 aliphatic rings. The van der Waals surface area contributed by atoms with Gasteiger partial charge < -0.3 is 9.80 Å². The Bertz CT molecular complexity index is 1110. The highest BCUT2D eigenvalue weighted by Crippen LogP contribution is 2.35. The summed E-state index contributed by atoms with van der Waals surface area (Å²) in [6, 6.07) is 13.7. The third-order valence-corrected chi connectivity index (χ3v) is 8.70. The first-order valence-electron chi connectivity index (χ1n) is 11.2. The van der Waals surface area contributed by atoms with Crippen LogP contribution in [0.5, 0.6) is 0 Å². The molecule has 1 atom stereocenters. The second-order valence-electron chi connectivity index (χ2n) is 9.13. The molecule has 5 rings (SSSR count). The molecule has 0 aromatic heterocycles. The lowest BCUT2D eigenvalue weighted by Crippen LogP contribution is -2.49. The normalized spacial score (nSPS) is 23.7. The van der Waals surface area contributed by atoms with E-state index in [1.807, 2.05) is 52.3 Å². The van der Waals surface area contributed by atoms with Gasteiger partial charge in [0.1, 0.15) is 0 Å². The van der Waals surface area contributed by atoms with Crippen molar-refractivity contribution in [3.05, 3.63) is 48.0 Å². The van der Waals surface area contributed by atoms with Crippen LogP contribution >= 0.6 is 0 Å². The summed E-state index contributed by atoms with van der Waals surface area (Å²) in [6.07, 6.45) is 3.78. The summed E-state index contributed by atoms with van der Waals surface area (Å²) >= 11 is 0. The molecule has 7 heteroatoms. The zero-order valence-corrected chi connectivity index (χ0v) is 18.4. The Morgan fingerprint density at radius 2 is 1.58 bits per heavy atom. The summed E-state index contributed by atoms with van der Waals surface area (Å²) in [5.74, 6) is 0.283. The van der Waals surface area contributed by atoms with E-state index in [2.05, 4.69) is 0 Å². The molecule has 1 aliphatic carbocycles. The Hall–Kier alpha value is -2.41. The van der Waals surface area contributed by atoms with E-state index in [0.29, 0.717) is 37.9 Å². The van der Waals surface area contributed by atoms with Gasteiger partial charge in [-0.1, -0.05) is 36.4 Å². The fourth-order valence-corrected chi connectivity index (χ4v) is 6.84. The molecule has 2 heterocycles. The molecular weight excluding hydrogens is 412 g/mol. The van der Waals surface area contributed by atoms with Crippen LogP contribution in [0.2, 0.25) is 0 Å². The third-order valence-electron chi connectivity index (χ3n) is 6.95. The molecular formula is C24H28N2O4S. The van der Waals surface area contributed by atoms with E-state index in [1.54, 1.807) is 0 Å². The molecule has 2 aromatic rings. The van der Waals surface area contributed by atoms with Gasteiger partial charge in [0.25, 0.3) is 5.91 Å². The Morgan fingerprint density at radius 1 is 0.871 bits per heavy atom. The number of carbonyl (C=O) groups excluding carboxylic acids is 2. The van der Waals surface area contributed by atoms with Gasteiger partial charge in [0.15, 0.2) is 9.84 Å². The van der Waals surface area contributed by atoms with Crippen molar-refractivity contribution in [1.82, 2.24) is 9.80 Å². The maximum atomic E-state index is 13.3. The van der Waals surface area contributed by atoms with E-state index in [4.69, 9.17) is 0 Å². The van der Waals surface area contributed by atoms with E-state index < -0.39 is 9.84 Å². The predicted octanol–water partition coefficient (Wildman–Crippen LogP) is 2.87. The number of amides is 2. The van der Waals surface area contributed by atoms with E-state index in [9.17, 15) is 18.0 Å². The lowest BCUT2D eigenvalue weighted by molar-refractivity contribution is -0.139. The summed E-state index contributed by atoms with van der Waals surface area (Å²) in [4.78, 5) is 30.3.